The van der Waals surface area contributed by atoms with E-state index in [9.17, 15) is 14.4 Å². The van der Waals surface area contributed by atoms with Crippen molar-refractivity contribution in [1.82, 2.24) is 14.7 Å². The first-order chi connectivity index (χ1) is 15.0. The molecule has 8 nitrogen and oxygen atoms in total. The molecule has 166 valence electrons. The summed E-state index contributed by atoms with van der Waals surface area (Å²) in [7, 11) is 0. The van der Waals surface area contributed by atoms with Gasteiger partial charge in [0.2, 0.25) is 11.8 Å². The number of piperazine rings is 1. The third-order valence-electron chi connectivity index (χ3n) is 6.95. The summed E-state index contributed by atoms with van der Waals surface area (Å²) >= 11 is 0. The third-order valence-corrected chi connectivity index (χ3v) is 6.95. The molecule has 4 aliphatic heterocycles. The lowest BCUT2D eigenvalue weighted by Crippen LogP contribution is -2.60. The average Bonchev–Trinajstić information content (AvgIpc) is 3.26. The normalized spacial score (nSPS) is 25.8. The van der Waals surface area contributed by atoms with Crippen molar-refractivity contribution in [2.24, 2.45) is 0 Å². The van der Waals surface area contributed by atoms with E-state index in [1.165, 1.54) is 0 Å². The summed E-state index contributed by atoms with van der Waals surface area (Å²) in [4.78, 5) is 43.4. The highest BCUT2D eigenvalue weighted by Gasteiger charge is 2.41. The Hall–Kier alpha value is -2.45. The van der Waals surface area contributed by atoms with Crippen LogP contribution in [0.15, 0.2) is 24.3 Å². The molecule has 0 saturated carbocycles. The Morgan fingerprint density at radius 1 is 1.00 bits per heavy atom. The molecule has 4 saturated heterocycles. The van der Waals surface area contributed by atoms with Crippen LogP contribution in [0.3, 0.4) is 0 Å². The van der Waals surface area contributed by atoms with Gasteiger partial charge in [0.15, 0.2) is 5.79 Å². The average molecular weight is 428 g/mol. The molecule has 3 amide bonds. The number of rotatable bonds is 3. The fourth-order valence-corrected chi connectivity index (χ4v) is 5.16. The number of likely N-dealkylation sites (tertiary alicyclic amines) is 1. The molecule has 1 atom stereocenters. The number of amides is 3. The molecule has 0 aromatic heterocycles. The van der Waals surface area contributed by atoms with Crippen molar-refractivity contribution in [1.29, 1.82) is 0 Å². The van der Waals surface area contributed by atoms with E-state index in [1.54, 1.807) is 9.80 Å². The summed E-state index contributed by atoms with van der Waals surface area (Å²) in [5, 5.41) is 0. The van der Waals surface area contributed by atoms with Gasteiger partial charge in [-0.15, -0.1) is 0 Å². The van der Waals surface area contributed by atoms with Gasteiger partial charge >= 0.3 is 0 Å². The minimum absolute atomic E-state index is 0.00136. The second-order valence-corrected chi connectivity index (χ2v) is 8.89. The lowest BCUT2D eigenvalue weighted by atomic mass is 9.98. The maximum Gasteiger partial charge on any atom is 0.253 e. The summed E-state index contributed by atoms with van der Waals surface area (Å²) in [6.45, 7) is 3.69. The minimum atomic E-state index is -0.493. The monoisotopic (exact) mass is 427 g/mol. The zero-order chi connectivity index (χ0) is 21.4. The fraction of sp³-hybridized carbons (Fsp3) is 0.609. The van der Waals surface area contributed by atoms with Crippen LogP contribution < -0.4 is 0 Å². The van der Waals surface area contributed by atoms with Gasteiger partial charge in [-0.2, -0.15) is 0 Å². The van der Waals surface area contributed by atoms with Crippen molar-refractivity contribution >= 4 is 17.7 Å². The Morgan fingerprint density at radius 2 is 1.71 bits per heavy atom. The number of carbonyl (C=O) groups is 3. The Kier molecular flexibility index (Phi) is 5.44. The van der Waals surface area contributed by atoms with Crippen LogP contribution in [-0.4, -0.2) is 83.6 Å². The molecule has 4 aliphatic rings. The Bertz CT molecular complexity index is 854. The number of hydrogen-bond acceptors (Lipinski definition) is 5. The van der Waals surface area contributed by atoms with Crippen molar-refractivity contribution < 1.29 is 23.9 Å². The summed E-state index contributed by atoms with van der Waals surface area (Å²) < 4.78 is 11.5. The van der Waals surface area contributed by atoms with Gasteiger partial charge in [-0.25, -0.2) is 0 Å². The Morgan fingerprint density at radius 3 is 2.42 bits per heavy atom. The fourth-order valence-electron chi connectivity index (χ4n) is 5.16. The molecule has 4 heterocycles. The van der Waals surface area contributed by atoms with Crippen LogP contribution in [0.4, 0.5) is 0 Å². The van der Waals surface area contributed by atoms with Gasteiger partial charge in [-0.05, 0) is 37.0 Å². The molecule has 1 spiro atoms. The maximum atomic E-state index is 12.9. The molecular formula is C23H29N3O5. The topological polar surface area (TPSA) is 79.4 Å². The molecule has 1 aromatic carbocycles. The maximum absolute atomic E-state index is 12.9. The van der Waals surface area contributed by atoms with E-state index >= 15 is 0 Å². The second kappa shape index (κ2) is 8.24. The molecule has 31 heavy (non-hydrogen) atoms. The molecule has 8 heteroatoms. The number of benzene rings is 1. The highest BCUT2D eigenvalue weighted by atomic mass is 16.7. The number of fused-ring (bicyclic) bond motifs is 1. The zero-order valence-corrected chi connectivity index (χ0v) is 17.8. The van der Waals surface area contributed by atoms with Gasteiger partial charge in [0.1, 0.15) is 12.6 Å². The van der Waals surface area contributed by atoms with E-state index in [2.05, 4.69) is 0 Å². The van der Waals surface area contributed by atoms with E-state index in [-0.39, 0.29) is 30.3 Å². The van der Waals surface area contributed by atoms with E-state index in [0.717, 1.165) is 24.8 Å². The molecule has 5 rings (SSSR count). The van der Waals surface area contributed by atoms with Crippen molar-refractivity contribution in [3.63, 3.8) is 0 Å². The molecule has 1 aromatic rings. The van der Waals surface area contributed by atoms with E-state index in [1.807, 2.05) is 29.2 Å². The predicted octanol–water partition coefficient (Wildman–Crippen LogP) is 1.39. The smallest absolute Gasteiger partial charge is 0.253 e. The van der Waals surface area contributed by atoms with Gasteiger partial charge in [-0.1, -0.05) is 12.1 Å². The molecule has 0 N–H and O–H groups in total. The lowest BCUT2D eigenvalue weighted by Gasteiger charge is -2.42. The quantitative estimate of drug-likeness (QED) is 0.728. The van der Waals surface area contributed by atoms with Crippen molar-refractivity contribution in [3.05, 3.63) is 35.4 Å². The number of carbonyl (C=O) groups excluding carboxylic acids is 3. The Balaban J connectivity index is 1.20. The standard InChI is InChI=1S/C23H29N3O5/c27-20-16-25(22(29)19-3-1-2-10-26(19)20)15-17-4-6-18(7-5-17)21(28)24-11-8-23(9-12-24)30-13-14-31-23/h4-7,19H,1-3,8-16H2/t19-/m1/s1. The largest absolute Gasteiger partial charge is 0.347 e. The predicted molar refractivity (Wildman–Crippen MR) is 111 cm³/mol. The molecule has 0 unspecified atom stereocenters. The van der Waals surface area contributed by atoms with Crippen LogP contribution in [0.1, 0.15) is 48.0 Å². The first-order valence-electron chi connectivity index (χ1n) is 11.3. The molecule has 0 radical (unpaired) electrons. The van der Waals surface area contributed by atoms with E-state index in [0.29, 0.717) is 57.8 Å². The SMILES string of the molecule is O=C(c1ccc(CN2CC(=O)N3CCCC[C@@H]3C2=O)cc1)N1CCC2(CC1)OCCO2. The highest BCUT2D eigenvalue weighted by molar-refractivity contribution is 5.95. The highest BCUT2D eigenvalue weighted by Crippen LogP contribution is 2.32. The van der Waals surface area contributed by atoms with Crippen molar-refractivity contribution in [2.45, 2.75) is 50.5 Å². The molecule has 4 fully saturated rings. The minimum Gasteiger partial charge on any atom is -0.347 e. The molecule has 0 aliphatic carbocycles. The molecular weight excluding hydrogens is 398 g/mol. The molecule has 0 bridgehead atoms. The number of ether oxygens (including phenoxy) is 2. The van der Waals surface area contributed by atoms with Crippen LogP contribution in [0.2, 0.25) is 0 Å². The van der Waals surface area contributed by atoms with Gasteiger partial charge in [-0.3, -0.25) is 14.4 Å². The van der Waals surface area contributed by atoms with Crippen molar-refractivity contribution in [2.75, 3.05) is 39.4 Å². The van der Waals surface area contributed by atoms with Gasteiger partial charge in [0, 0.05) is 44.6 Å². The second-order valence-electron chi connectivity index (χ2n) is 8.89. The van der Waals surface area contributed by atoms with Gasteiger partial charge < -0.3 is 24.2 Å². The summed E-state index contributed by atoms with van der Waals surface area (Å²) in [6, 6.07) is 7.09. The summed E-state index contributed by atoms with van der Waals surface area (Å²) in [5.74, 6) is -0.416. The number of hydrogen-bond donors (Lipinski definition) is 0. The first-order valence-corrected chi connectivity index (χ1v) is 11.3. The number of nitrogens with zero attached hydrogens (tertiary/aromatic N) is 3. The lowest BCUT2D eigenvalue weighted by molar-refractivity contribution is -0.181. The Labute approximate surface area is 182 Å². The van der Waals surface area contributed by atoms with E-state index in [4.69, 9.17) is 9.47 Å². The third kappa shape index (κ3) is 3.94. The van der Waals surface area contributed by atoms with Crippen molar-refractivity contribution in [3.8, 4) is 0 Å². The number of piperidine rings is 2. The zero-order valence-electron chi connectivity index (χ0n) is 17.8. The van der Waals surface area contributed by atoms with Crippen LogP contribution in [-0.2, 0) is 25.6 Å². The van der Waals surface area contributed by atoms with Crippen LogP contribution in [0, 0.1) is 0 Å². The summed E-state index contributed by atoms with van der Waals surface area (Å²) in [6.07, 6.45) is 4.10. The van der Waals surface area contributed by atoms with Gasteiger partial charge in [0.05, 0.1) is 13.2 Å². The van der Waals surface area contributed by atoms with Gasteiger partial charge in [0.25, 0.3) is 5.91 Å². The van der Waals surface area contributed by atoms with E-state index < -0.39 is 5.79 Å². The first kappa shape index (κ1) is 20.5. The van der Waals surface area contributed by atoms with Crippen LogP contribution in [0.5, 0.6) is 0 Å². The van der Waals surface area contributed by atoms with Crippen LogP contribution >= 0.6 is 0 Å². The summed E-state index contributed by atoms with van der Waals surface area (Å²) in [5.41, 5.74) is 1.56. The van der Waals surface area contributed by atoms with Crippen LogP contribution in [0.25, 0.3) is 0 Å².